The van der Waals surface area contributed by atoms with Crippen molar-refractivity contribution in [3.05, 3.63) is 52.8 Å². The lowest BCUT2D eigenvalue weighted by Crippen LogP contribution is -2.26. The number of furan rings is 1. The van der Waals surface area contributed by atoms with Crippen molar-refractivity contribution in [3.8, 4) is 11.3 Å². The van der Waals surface area contributed by atoms with Crippen molar-refractivity contribution in [2.75, 3.05) is 0 Å². The molecule has 1 N–H and O–H groups in total. The SMILES string of the molecule is C=C1c2ccc3c(c2CC[C@@H]1O)C(=O)C(=O)c1c(C)coc1-3. The van der Waals surface area contributed by atoms with Crippen molar-refractivity contribution < 1.29 is 19.1 Å². The van der Waals surface area contributed by atoms with E-state index in [1.807, 2.05) is 6.07 Å². The zero-order valence-electron chi connectivity index (χ0n) is 12.1. The summed E-state index contributed by atoms with van der Waals surface area (Å²) in [6.07, 6.45) is 1.97. The van der Waals surface area contributed by atoms with Crippen molar-refractivity contribution in [2.24, 2.45) is 0 Å². The Labute approximate surface area is 127 Å². The van der Waals surface area contributed by atoms with Gasteiger partial charge in [-0.25, -0.2) is 0 Å². The van der Waals surface area contributed by atoms with E-state index in [4.69, 9.17) is 4.42 Å². The average Bonchev–Trinajstić information content (AvgIpc) is 2.90. The van der Waals surface area contributed by atoms with Gasteiger partial charge in [-0.3, -0.25) is 9.59 Å². The van der Waals surface area contributed by atoms with Crippen molar-refractivity contribution >= 4 is 17.1 Å². The molecule has 0 amide bonds. The van der Waals surface area contributed by atoms with Crippen molar-refractivity contribution in [1.29, 1.82) is 0 Å². The average molecular weight is 294 g/mol. The smallest absolute Gasteiger partial charge is 0.237 e. The molecule has 2 aromatic rings. The lowest BCUT2D eigenvalue weighted by Gasteiger charge is -2.27. The Kier molecular flexibility index (Phi) is 2.57. The molecular formula is C18H14O4. The highest BCUT2D eigenvalue weighted by molar-refractivity contribution is 6.53. The first-order valence-corrected chi connectivity index (χ1v) is 7.21. The predicted octanol–water partition coefficient (Wildman–Crippen LogP) is 2.95. The molecule has 2 aliphatic rings. The molecule has 1 aromatic carbocycles. The zero-order chi connectivity index (χ0) is 15.6. The van der Waals surface area contributed by atoms with Gasteiger partial charge in [0.1, 0.15) is 5.76 Å². The zero-order valence-corrected chi connectivity index (χ0v) is 12.1. The topological polar surface area (TPSA) is 67.5 Å². The highest BCUT2D eigenvalue weighted by Gasteiger charge is 2.38. The number of hydrogen-bond acceptors (Lipinski definition) is 4. The van der Waals surface area contributed by atoms with Crippen LogP contribution in [0.1, 0.15) is 43.8 Å². The first-order valence-electron chi connectivity index (χ1n) is 7.21. The monoisotopic (exact) mass is 294 g/mol. The van der Waals surface area contributed by atoms with Gasteiger partial charge in [0, 0.05) is 11.1 Å². The van der Waals surface area contributed by atoms with Gasteiger partial charge in [-0.2, -0.15) is 0 Å². The van der Waals surface area contributed by atoms with E-state index in [2.05, 4.69) is 6.58 Å². The minimum absolute atomic E-state index is 0.368. The summed E-state index contributed by atoms with van der Waals surface area (Å²) in [6.45, 7) is 5.67. The summed E-state index contributed by atoms with van der Waals surface area (Å²) >= 11 is 0. The second-order valence-corrected chi connectivity index (χ2v) is 5.88. The maximum atomic E-state index is 12.6. The number of aliphatic hydroxyl groups is 1. The quantitative estimate of drug-likeness (QED) is 0.759. The Morgan fingerprint density at radius 3 is 2.64 bits per heavy atom. The van der Waals surface area contributed by atoms with Gasteiger partial charge in [0.2, 0.25) is 11.6 Å². The minimum atomic E-state index is -0.596. The van der Waals surface area contributed by atoms with E-state index in [0.29, 0.717) is 46.4 Å². The van der Waals surface area contributed by atoms with E-state index in [1.54, 1.807) is 13.0 Å². The molecule has 2 aliphatic carbocycles. The molecule has 0 spiro atoms. The Hall–Kier alpha value is -2.46. The van der Waals surface area contributed by atoms with E-state index < -0.39 is 17.7 Å². The number of fused-ring (bicyclic) bond motifs is 5. The number of rotatable bonds is 0. The molecule has 22 heavy (non-hydrogen) atoms. The van der Waals surface area contributed by atoms with Crippen LogP contribution in [0.4, 0.5) is 0 Å². The summed E-state index contributed by atoms with van der Waals surface area (Å²) in [5.41, 5.74) is 4.29. The van der Waals surface area contributed by atoms with Gasteiger partial charge < -0.3 is 9.52 Å². The van der Waals surface area contributed by atoms with Gasteiger partial charge in [0.25, 0.3) is 0 Å². The molecule has 0 fully saturated rings. The molecule has 0 saturated carbocycles. The van der Waals surface area contributed by atoms with E-state index in [1.165, 1.54) is 6.26 Å². The third kappa shape index (κ3) is 1.50. The molecule has 0 bridgehead atoms. The number of aliphatic hydroxyl groups excluding tert-OH is 1. The van der Waals surface area contributed by atoms with E-state index in [0.717, 1.165) is 11.1 Å². The van der Waals surface area contributed by atoms with Gasteiger partial charge in [-0.1, -0.05) is 12.6 Å². The second kappa shape index (κ2) is 4.27. The van der Waals surface area contributed by atoms with Gasteiger partial charge in [0.15, 0.2) is 0 Å². The van der Waals surface area contributed by atoms with Crippen LogP contribution >= 0.6 is 0 Å². The number of Topliss-reactive ketones (excluding diaryl/α,β-unsaturated/α-hetero) is 2. The maximum Gasteiger partial charge on any atom is 0.237 e. The summed E-state index contributed by atoms with van der Waals surface area (Å²) in [6, 6.07) is 3.63. The molecule has 0 saturated heterocycles. The summed E-state index contributed by atoms with van der Waals surface area (Å²) in [4.78, 5) is 25.0. The van der Waals surface area contributed by atoms with Crippen LogP contribution in [-0.2, 0) is 6.42 Å². The lowest BCUT2D eigenvalue weighted by molar-refractivity contribution is 0.0813. The fourth-order valence-electron chi connectivity index (χ4n) is 3.44. The summed E-state index contributed by atoms with van der Waals surface area (Å²) < 4.78 is 5.53. The summed E-state index contributed by atoms with van der Waals surface area (Å²) in [5, 5.41) is 9.94. The van der Waals surface area contributed by atoms with Crippen LogP contribution < -0.4 is 0 Å². The third-order valence-corrected chi connectivity index (χ3v) is 4.61. The molecule has 1 aromatic heterocycles. The number of hydrogen-bond donors (Lipinski definition) is 1. The molecule has 110 valence electrons. The number of aryl methyl sites for hydroxylation is 1. The van der Waals surface area contributed by atoms with Crippen molar-refractivity contribution in [1.82, 2.24) is 0 Å². The maximum absolute atomic E-state index is 12.6. The van der Waals surface area contributed by atoms with Crippen LogP contribution in [0.3, 0.4) is 0 Å². The Balaban J connectivity index is 2.05. The third-order valence-electron chi connectivity index (χ3n) is 4.61. The summed E-state index contributed by atoms with van der Waals surface area (Å²) in [7, 11) is 0. The van der Waals surface area contributed by atoms with Gasteiger partial charge in [-0.05, 0) is 48.1 Å². The van der Waals surface area contributed by atoms with Crippen LogP contribution in [0.5, 0.6) is 0 Å². The summed E-state index contributed by atoms with van der Waals surface area (Å²) in [5.74, 6) is -0.538. The van der Waals surface area contributed by atoms with Crippen LogP contribution in [-0.4, -0.2) is 22.8 Å². The van der Waals surface area contributed by atoms with Gasteiger partial charge in [-0.15, -0.1) is 0 Å². The predicted molar refractivity (Wildman–Crippen MR) is 80.9 cm³/mol. The lowest BCUT2D eigenvalue weighted by atomic mass is 9.77. The van der Waals surface area contributed by atoms with Crippen LogP contribution in [0, 0.1) is 6.92 Å². The number of ketones is 2. The van der Waals surface area contributed by atoms with Crippen molar-refractivity contribution in [2.45, 2.75) is 25.9 Å². The van der Waals surface area contributed by atoms with Crippen molar-refractivity contribution in [3.63, 3.8) is 0 Å². The molecule has 0 radical (unpaired) electrons. The molecule has 1 atom stereocenters. The van der Waals surface area contributed by atoms with Crippen LogP contribution in [0.2, 0.25) is 0 Å². The molecule has 4 heteroatoms. The minimum Gasteiger partial charge on any atom is -0.463 e. The molecule has 4 nitrogen and oxygen atoms in total. The fourth-order valence-corrected chi connectivity index (χ4v) is 3.44. The Bertz CT molecular complexity index is 869. The highest BCUT2D eigenvalue weighted by Crippen LogP contribution is 2.42. The molecular weight excluding hydrogens is 280 g/mol. The number of carbonyl (C=O) groups excluding carboxylic acids is 2. The Morgan fingerprint density at radius 2 is 1.86 bits per heavy atom. The van der Waals surface area contributed by atoms with E-state index in [9.17, 15) is 14.7 Å². The van der Waals surface area contributed by atoms with Crippen LogP contribution in [0.25, 0.3) is 16.9 Å². The molecule has 1 heterocycles. The number of benzene rings is 1. The first-order chi connectivity index (χ1) is 10.5. The molecule has 0 unspecified atom stereocenters. The second-order valence-electron chi connectivity index (χ2n) is 5.88. The Morgan fingerprint density at radius 1 is 1.18 bits per heavy atom. The van der Waals surface area contributed by atoms with E-state index >= 15 is 0 Å². The number of carbonyl (C=O) groups is 2. The molecule has 4 rings (SSSR count). The van der Waals surface area contributed by atoms with Gasteiger partial charge >= 0.3 is 0 Å². The van der Waals surface area contributed by atoms with Gasteiger partial charge in [0.05, 0.1) is 17.9 Å². The first kappa shape index (κ1) is 13.2. The molecule has 0 aliphatic heterocycles. The standard InChI is InChI=1S/C18H14O4/c1-8-7-22-18-12-4-3-10-9(2)13(19)6-5-11(10)15(12)17(21)16(20)14(8)18/h3-4,7,13,19H,2,5-6H2,1H3/t13-/m0/s1. The van der Waals surface area contributed by atoms with Crippen LogP contribution in [0.15, 0.2) is 29.4 Å². The normalized spacial score (nSPS) is 19.7. The van der Waals surface area contributed by atoms with E-state index in [-0.39, 0.29) is 0 Å². The fraction of sp³-hybridized carbons (Fsp3) is 0.222. The largest absolute Gasteiger partial charge is 0.463 e. The highest BCUT2D eigenvalue weighted by atomic mass is 16.3.